The van der Waals surface area contributed by atoms with Crippen molar-refractivity contribution >= 4 is 27.3 Å². The standard InChI is InChI=1S/C16H19BrO3S/c1-5-11-6-7-14(21-11)15(17)10-8-12(18-2)16(20-4)13(9-10)19-3/h6-9,15H,5H2,1-4H3. The summed E-state index contributed by atoms with van der Waals surface area (Å²) in [5, 5.41) is 0. The second-order valence-electron chi connectivity index (χ2n) is 4.48. The van der Waals surface area contributed by atoms with Gasteiger partial charge in [-0.25, -0.2) is 0 Å². The van der Waals surface area contributed by atoms with Crippen molar-refractivity contribution in [3.05, 3.63) is 39.6 Å². The highest BCUT2D eigenvalue weighted by atomic mass is 79.9. The van der Waals surface area contributed by atoms with Crippen molar-refractivity contribution in [2.24, 2.45) is 0 Å². The molecule has 0 bridgehead atoms. The van der Waals surface area contributed by atoms with E-state index in [2.05, 4.69) is 35.0 Å². The second kappa shape index (κ2) is 7.18. The minimum atomic E-state index is 0.108. The molecule has 1 unspecified atom stereocenters. The monoisotopic (exact) mass is 370 g/mol. The summed E-state index contributed by atoms with van der Waals surface area (Å²) < 4.78 is 16.2. The van der Waals surface area contributed by atoms with Gasteiger partial charge in [-0.1, -0.05) is 22.9 Å². The van der Waals surface area contributed by atoms with E-state index in [0.29, 0.717) is 17.2 Å². The van der Waals surface area contributed by atoms with Crippen LogP contribution in [0.15, 0.2) is 24.3 Å². The van der Waals surface area contributed by atoms with Gasteiger partial charge in [0.15, 0.2) is 11.5 Å². The van der Waals surface area contributed by atoms with Crippen molar-refractivity contribution in [1.82, 2.24) is 0 Å². The van der Waals surface area contributed by atoms with Crippen LogP contribution >= 0.6 is 27.3 Å². The van der Waals surface area contributed by atoms with E-state index in [1.165, 1.54) is 9.75 Å². The Morgan fingerprint density at radius 1 is 1.05 bits per heavy atom. The molecule has 0 saturated carbocycles. The first kappa shape index (κ1) is 16.2. The zero-order valence-corrected chi connectivity index (χ0v) is 15.0. The normalized spacial score (nSPS) is 12.0. The Balaban J connectivity index is 2.43. The van der Waals surface area contributed by atoms with Gasteiger partial charge in [0, 0.05) is 9.75 Å². The number of benzene rings is 1. The lowest BCUT2D eigenvalue weighted by Gasteiger charge is -2.16. The number of hydrogen-bond donors (Lipinski definition) is 0. The summed E-state index contributed by atoms with van der Waals surface area (Å²) in [5.41, 5.74) is 1.08. The van der Waals surface area contributed by atoms with Gasteiger partial charge in [0.05, 0.1) is 26.2 Å². The van der Waals surface area contributed by atoms with E-state index < -0.39 is 0 Å². The molecule has 3 nitrogen and oxygen atoms in total. The Morgan fingerprint density at radius 2 is 1.67 bits per heavy atom. The average Bonchev–Trinajstić information content (AvgIpc) is 3.01. The fourth-order valence-electron chi connectivity index (χ4n) is 2.13. The Kier molecular flexibility index (Phi) is 5.53. The summed E-state index contributed by atoms with van der Waals surface area (Å²) in [6.45, 7) is 2.16. The Bertz CT molecular complexity index is 584. The van der Waals surface area contributed by atoms with Gasteiger partial charge >= 0.3 is 0 Å². The fraction of sp³-hybridized carbons (Fsp3) is 0.375. The van der Waals surface area contributed by atoms with Crippen LogP contribution in [0.25, 0.3) is 0 Å². The first-order chi connectivity index (χ1) is 10.1. The molecular formula is C16H19BrO3S. The van der Waals surface area contributed by atoms with E-state index in [0.717, 1.165) is 12.0 Å². The van der Waals surface area contributed by atoms with Crippen LogP contribution in [0.3, 0.4) is 0 Å². The predicted octanol–water partition coefficient (Wildman–Crippen LogP) is 4.82. The molecule has 0 aliphatic carbocycles. The van der Waals surface area contributed by atoms with Crippen LogP contribution in [0.2, 0.25) is 0 Å². The number of hydrogen-bond acceptors (Lipinski definition) is 4. The molecule has 0 N–H and O–H groups in total. The molecule has 21 heavy (non-hydrogen) atoms. The maximum Gasteiger partial charge on any atom is 0.203 e. The van der Waals surface area contributed by atoms with Gasteiger partial charge in [0.2, 0.25) is 5.75 Å². The summed E-state index contributed by atoms with van der Waals surface area (Å²) in [6.07, 6.45) is 1.06. The minimum absolute atomic E-state index is 0.108. The van der Waals surface area contributed by atoms with Crippen LogP contribution in [-0.4, -0.2) is 21.3 Å². The van der Waals surface area contributed by atoms with Crippen molar-refractivity contribution in [2.45, 2.75) is 18.2 Å². The molecule has 5 heteroatoms. The van der Waals surface area contributed by atoms with Crippen molar-refractivity contribution in [2.75, 3.05) is 21.3 Å². The maximum absolute atomic E-state index is 5.41. The zero-order valence-electron chi connectivity index (χ0n) is 12.6. The summed E-state index contributed by atoms with van der Waals surface area (Å²) in [5.74, 6) is 1.95. The van der Waals surface area contributed by atoms with Crippen LogP contribution in [-0.2, 0) is 6.42 Å². The van der Waals surface area contributed by atoms with Gasteiger partial charge in [0.1, 0.15) is 0 Å². The van der Waals surface area contributed by atoms with Crippen LogP contribution in [0, 0.1) is 0 Å². The number of aryl methyl sites for hydroxylation is 1. The summed E-state index contributed by atoms with van der Waals surface area (Å²) in [7, 11) is 4.87. The van der Waals surface area contributed by atoms with E-state index in [1.54, 1.807) is 21.3 Å². The molecule has 0 fully saturated rings. The maximum atomic E-state index is 5.41. The molecule has 1 atom stereocenters. The van der Waals surface area contributed by atoms with Gasteiger partial charge in [-0.05, 0) is 36.2 Å². The molecule has 0 amide bonds. The molecule has 0 spiro atoms. The Labute approximate surface area is 138 Å². The van der Waals surface area contributed by atoms with Crippen molar-refractivity contribution < 1.29 is 14.2 Å². The number of methoxy groups -OCH3 is 3. The number of ether oxygens (including phenoxy) is 3. The highest BCUT2D eigenvalue weighted by Gasteiger charge is 2.19. The van der Waals surface area contributed by atoms with Crippen LogP contribution < -0.4 is 14.2 Å². The zero-order chi connectivity index (χ0) is 15.4. The van der Waals surface area contributed by atoms with E-state index in [-0.39, 0.29) is 4.83 Å². The molecule has 1 aromatic heterocycles. The topological polar surface area (TPSA) is 27.7 Å². The third-order valence-corrected chi connectivity index (χ3v) is 5.88. The SMILES string of the molecule is CCc1ccc(C(Br)c2cc(OC)c(OC)c(OC)c2)s1. The quantitative estimate of drug-likeness (QED) is 0.682. The third-order valence-electron chi connectivity index (χ3n) is 3.26. The predicted molar refractivity (Wildman–Crippen MR) is 90.6 cm³/mol. The molecule has 0 aliphatic heterocycles. The number of alkyl halides is 1. The summed E-state index contributed by atoms with van der Waals surface area (Å²) in [4.78, 5) is 2.75. The molecule has 1 aromatic carbocycles. The van der Waals surface area contributed by atoms with E-state index in [4.69, 9.17) is 14.2 Å². The summed E-state index contributed by atoms with van der Waals surface area (Å²) in [6, 6.07) is 8.29. The van der Waals surface area contributed by atoms with Crippen molar-refractivity contribution in [1.29, 1.82) is 0 Å². The molecule has 1 heterocycles. The second-order valence-corrected chi connectivity index (χ2v) is 6.59. The first-order valence-electron chi connectivity index (χ1n) is 6.67. The molecule has 0 radical (unpaired) electrons. The van der Waals surface area contributed by atoms with Crippen LogP contribution in [0.1, 0.15) is 27.1 Å². The van der Waals surface area contributed by atoms with Crippen molar-refractivity contribution in [3.63, 3.8) is 0 Å². The summed E-state index contributed by atoms with van der Waals surface area (Å²) >= 11 is 5.58. The highest BCUT2D eigenvalue weighted by molar-refractivity contribution is 9.09. The molecule has 114 valence electrons. The van der Waals surface area contributed by atoms with Crippen LogP contribution in [0.5, 0.6) is 17.2 Å². The minimum Gasteiger partial charge on any atom is -0.493 e. The van der Waals surface area contributed by atoms with E-state index >= 15 is 0 Å². The van der Waals surface area contributed by atoms with E-state index in [1.807, 2.05) is 23.5 Å². The smallest absolute Gasteiger partial charge is 0.203 e. The Morgan fingerprint density at radius 3 is 2.10 bits per heavy atom. The lowest BCUT2D eigenvalue weighted by Crippen LogP contribution is -1.98. The van der Waals surface area contributed by atoms with Gasteiger partial charge in [0.25, 0.3) is 0 Å². The molecule has 2 aromatic rings. The van der Waals surface area contributed by atoms with Gasteiger partial charge in [-0.15, -0.1) is 11.3 Å². The molecule has 0 aliphatic rings. The lowest BCUT2D eigenvalue weighted by atomic mass is 10.1. The fourth-order valence-corrected chi connectivity index (χ4v) is 3.79. The highest BCUT2D eigenvalue weighted by Crippen LogP contribution is 2.44. The van der Waals surface area contributed by atoms with Crippen molar-refractivity contribution in [3.8, 4) is 17.2 Å². The van der Waals surface area contributed by atoms with Crippen LogP contribution in [0.4, 0.5) is 0 Å². The lowest BCUT2D eigenvalue weighted by molar-refractivity contribution is 0.324. The number of halogens is 1. The molecular weight excluding hydrogens is 352 g/mol. The third kappa shape index (κ3) is 3.35. The molecule has 2 rings (SSSR count). The van der Waals surface area contributed by atoms with Gasteiger partial charge in [-0.2, -0.15) is 0 Å². The Hall–Kier alpha value is -1.20. The average molecular weight is 371 g/mol. The largest absolute Gasteiger partial charge is 0.493 e. The number of rotatable bonds is 6. The van der Waals surface area contributed by atoms with Gasteiger partial charge in [-0.3, -0.25) is 0 Å². The van der Waals surface area contributed by atoms with E-state index in [9.17, 15) is 0 Å². The first-order valence-corrected chi connectivity index (χ1v) is 8.40. The number of thiophene rings is 1. The molecule has 0 saturated heterocycles. The van der Waals surface area contributed by atoms with Gasteiger partial charge < -0.3 is 14.2 Å².